The molecule has 0 radical (unpaired) electrons. The van der Waals surface area contributed by atoms with E-state index in [0.717, 1.165) is 10.6 Å². The van der Waals surface area contributed by atoms with Gasteiger partial charge in [-0.15, -0.1) is 23.1 Å². The minimum absolute atomic E-state index is 0.104. The second kappa shape index (κ2) is 8.36. The molecule has 0 unspecified atom stereocenters. The molecule has 2 amide bonds. The van der Waals surface area contributed by atoms with Crippen molar-refractivity contribution in [3.05, 3.63) is 41.3 Å². The van der Waals surface area contributed by atoms with E-state index in [4.69, 9.17) is 5.26 Å². The Balaban J connectivity index is 1.77. The molecule has 1 aromatic carbocycles. The van der Waals surface area contributed by atoms with Gasteiger partial charge in [0.2, 0.25) is 11.8 Å². The summed E-state index contributed by atoms with van der Waals surface area (Å²) in [7, 11) is 0. The van der Waals surface area contributed by atoms with Crippen molar-refractivity contribution in [1.29, 1.82) is 5.26 Å². The van der Waals surface area contributed by atoms with Crippen LogP contribution in [-0.2, 0) is 9.59 Å². The van der Waals surface area contributed by atoms with Crippen LogP contribution in [0.25, 0.3) is 0 Å². The summed E-state index contributed by atoms with van der Waals surface area (Å²) in [6.07, 6.45) is 0.362. The molecule has 0 atom stereocenters. The molecule has 1 heterocycles. The first kappa shape index (κ1) is 17.1. The van der Waals surface area contributed by atoms with Gasteiger partial charge >= 0.3 is 0 Å². The molecule has 2 aromatic rings. The molecule has 0 saturated carbocycles. The Morgan fingerprint density at radius 1 is 1.22 bits per heavy atom. The molecule has 7 heteroatoms. The molecule has 1 aromatic heterocycles. The van der Waals surface area contributed by atoms with E-state index in [-0.39, 0.29) is 11.8 Å². The van der Waals surface area contributed by atoms with Gasteiger partial charge in [0.05, 0.1) is 5.56 Å². The normalized spacial score (nSPS) is 9.91. The van der Waals surface area contributed by atoms with Crippen molar-refractivity contribution in [2.24, 2.45) is 0 Å². The topological polar surface area (TPSA) is 82.0 Å². The lowest BCUT2D eigenvalue weighted by Gasteiger charge is -2.05. The number of nitriles is 1. The molecular weight excluding hydrogens is 330 g/mol. The van der Waals surface area contributed by atoms with Gasteiger partial charge in [-0.25, -0.2) is 0 Å². The maximum Gasteiger partial charge on any atom is 0.225 e. The van der Waals surface area contributed by atoms with E-state index in [1.165, 1.54) is 18.3 Å². The number of benzene rings is 1. The molecule has 0 aliphatic heterocycles. The molecule has 118 valence electrons. The van der Waals surface area contributed by atoms with Gasteiger partial charge in [0.1, 0.15) is 11.1 Å². The fourth-order valence-electron chi connectivity index (χ4n) is 1.78. The van der Waals surface area contributed by atoms with Crippen molar-refractivity contribution >= 4 is 45.6 Å². The van der Waals surface area contributed by atoms with E-state index >= 15 is 0 Å². The van der Waals surface area contributed by atoms with Gasteiger partial charge in [-0.1, -0.05) is 0 Å². The lowest BCUT2D eigenvalue weighted by atomic mass is 10.3. The highest BCUT2D eigenvalue weighted by Crippen LogP contribution is 2.24. The van der Waals surface area contributed by atoms with Gasteiger partial charge in [-0.3, -0.25) is 9.59 Å². The molecule has 0 spiro atoms. The summed E-state index contributed by atoms with van der Waals surface area (Å²) in [4.78, 5) is 23.8. The van der Waals surface area contributed by atoms with Crippen LogP contribution in [-0.4, -0.2) is 17.6 Å². The number of carbonyl (C=O) groups excluding carboxylic acids is 2. The third kappa shape index (κ3) is 5.43. The number of nitrogens with one attached hydrogen (secondary N) is 2. The third-order valence-corrected chi connectivity index (χ3v) is 4.65. The van der Waals surface area contributed by atoms with Crippen LogP contribution in [0, 0.1) is 11.3 Å². The summed E-state index contributed by atoms with van der Waals surface area (Å²) in [5.41, 5.74) is 1.24. The molecule has 0 aliphatic rings. The van der Waals surface area contributed by atoms with E-state index in [1.54, 1.807) is 23.2 Å². The predicted octanol–water partition coefficient (Wildman–Crippen LogP) is 3.70. The van der Waals surface area contributed by atoms with Gasteiger partial charge in [0, 0.05) is 29.7 Å². The van der Waals surface area contributed by atoms with Crippen LogP contribution < -0.4 is 10.6 Å². The van der Waals surface area contributed by atoms with Crippen LogP contribution in [0.4, 0.5) is 10.7 Å². The third-order valence-electron chi connectivity index (χ3n) is 2.81. The van der Waals surface area contributed by atoms with Crippen molar-refractivity contribution in [3.63, 3.8) is 0 Å². The van der Waals surface area contributed by atoms with Crippen molar-refractivity contribution in [2.45, 2.75) is 18.2 Å². The molecule has 23 heavy (non-hydrogen) atoms. The molecule has 0 aliphatic carbocycles. The van der Waals surface area contributed by atoms with Gasteiger partial charge in [-0.2, -0.15) is 5.26 Å². The van der Waals surface area contributed by atoms with Crippen LogP contribution in [0.2, 0.25) is 0 Å². The number of hydrogen-bond acceptors (Lipinski definition) is 5. The Kier molecular flexibility index (Phi) is 6.20. The summed E-state index contributed by atoms with van der Waals surface area (Å²) >= 11 is 2.91. The largest absolute Gasteiger partial charge is 0.326 e. The monoisotopic (exact) mass is 345 g/mol. The van der Waals surface area contributed by atoms with Crippen LogP contribution in [0.5, 0.6) is 0 Å². The number of thiophene rings is 1. The Morgan fingerprint density at radius 3 is 2.61 bits per heavy atom. The molecule has 2 N–H and O–H groups in total. The highest BCUT2D eigenvalue weighted by molar-refractivity contribution is 7.99. The Morgan fingerprint density at radius 2 is 1.96 bits per heavy atom. The van der Waals surface area contributed by atoms with E-state index in [2.05, 4.69) is 10.6 Å². The SMILES string of the molecule is CC(=O)Nc1ccc(SCCC(=O)Nc2sccc2C#N)cc1. The van der Waals surface area contributed by atoms with Crippen molar-refractivity contribution in [1.82, 2.24) is 0 Å². The summed E-state index contributed by atoms with van der Waals surface area (Å²) < 4.78 is 0. The predicted molar refractivity (Wildman–Crippen MR) is 93.8 cm³/mol. The zero-order valence-corrected chi connectivity index (χ0v) is 14.1. The number of rotatable bonds is 6. The smallest absolute Gasteiger partial charge is 0.225 e. The number of carbonyl (C=O) groups is 2. The van der Waals surface area contributed by atoms with Crippen molar-refractivity contribution < 1.29 is 9.59 Å². The van der Waals surface area contributed by atoms with Crippen molar-refractivity contribution in [2.75, 3.05) is 16.4 Å². The first-order valence-corrected chi connectivity index (χ1v) is 8.73. The quantitative estimate of drug-likeness (QED) is 0.782. The number of thioether (sulfide) groups is 1. The lowest BCUT2D eigenvalue weighted by molar-refractivity contribution is -0.116. The standard InChI is InChI=1S/C16H15N3O2S2/c1-11(20)18-13-2-4-14(5-3-13)22-9-7-15(21)19-16-12(10-17)6-8-23-16/h2-6,8H,7,9H2,1H3,(H,18,20)(H,19,21). The summed E-state index contributed by atoms with van der Waals surface area (Å²) in [6, 6.07) is 11.2. The maximum absolute atomic E-state index is 11.9. The molecule has 0 saturated heterocycles. The van der Waals surface area contributed by atoms with Gasteiger partial charge in [0.15, 0.2) is 0 Å². The molecule has 0 bridgehead atoms. The second-order valence-corrected chi connectivity index (χ2v) is 6.71. The molecule has 5 nitrogen and oxygen atoms in total. The summed E-state index contributed by atoms with van der Waals surface area (Å²) in [6.45, 7) is 1.46. The zero-order chi connectivity index (χ0) is 16.7. The van der Waals surface area contributed by atoms with E-state index in [0.29, 0.717) is 22.7 Å². The fourth-order valence-corrected chi connectivity index (χ4v) is 3.39. The van der Waals surface area contributed by atoms with Crippen LogP contribution >= 0.6 is 23.1 Å². The first-order chi connectivity index (χ1) is 11.1. The molecule has 0 fully saturated rings. The average Bonchev–Trinajstić information content (AvgIpc) is 2.95. The van der Waals surface area contributed by atoms with E-state index < -0.39 is 0 Å². The zero-order valence-electron chi connectivity index (χ0n) is 12.5. The lowest BCUT2D eigenvalue weighted by Crippen LogP contribution is -2.11. The minimum atomic E-state index is -0.105. The average molecular weight is 345 g/mol. The van der Waals surface area contributed by atoms with Gasteiger partial charge in [-0.05, 0) is 35.7 Å². The fraction of sp³-hybridized carbons (Fsp3) is 0.188. The minimum Gasteiger partial charge on any atom is -0.326 e. The second-order valence-electron chi connectivity index (χ2n) is 4.63. The number of anilines is 2. The highest BCUT2D eigenvalue weighted by atomic mass is 32.2. The Bertz CT molecular complexity index is 733. The van der Waals surface area contributed by atoms with Crippen molar-refractivity contribution in [3.8, 4) is 6.07 Å². The summed E-state index contributed by atoms with van der Waals surface area (Å²) in [5.74, 6) is 0.428. The Labute approximate surface area is 142 Å². The highest BCUT2D eigenvalue weighted by Gasteiger charge is 2.08. The number of amides is 2. The van der Waals surface area contributed by atoms with Gasteiger partial charge in [0.25, 0.3) is 0 Å². The van der Waals surface area contributed by atoms with E-state index in [1.807, 2.05) is 30.3 Å². The van der Waals surface area contributed by atoms with Crippen LogP contribution in [0.15, 0.2) is 40.6 Å². The van der Waals surface area contributed by atoms with E-state index in [9.17, 15) is 9.59 Å². The first-order valence-electron chi connectivity index (χ1n) is 6.86. The number of hydrogen-bond donors (Lipinski definition) is 2. The van der Waals surface area contributed by atoms with Crippen LogP contribution in [0.1, 0.15) is 18.9 Å². The van der Waals surface area contributed by atoms with Gasteiger partial charge < -0.3 is 10.6 Å². The molecule has 2 rings (SSSR count). The number of nitrogens with zero attached hydrogens (tertiary/aromatic N) is 1. The molecular formula is C16H15N3O2S2. The Hall–Kier alpha value is -2.30. The maximum atomic E-state index is 11.9. The summed E-state index contributed by atoms with van der Waals surface area (Å²) in [5, 5.41) is 16.7. The van der Waals surface area contributed by atoms with Crippen LogP contribution in [0.3, 0.4) is 0 Å².